The molecule has 3 nitrogen and oxygen atoms in total. The lowest BCUT2D eigenvalue weighted by molar-refractivity contribution is 0.465. The van der Waals surface area contributed by atoms with Gasteiger partial charge in [0.05, 0.1) is 4.90 Å². The van der Waals surface area contributed by atoms with Crippen molar-refractivity contribution in [3.8, 4) is 0 Å². The van der Waals surface area contributed by atoms with Crippen molar-refractivity contribution in [2.75, 3.05) is 7.05 Å². The lowest BCUT2D eigenvalue weighted by Crippen LogP contribution is -2.27. The summed E-state index contributed by atoms with van der Waals surface area (Å²) in [5.74, 6) is 0. The number of aryl methyl sites for hydroxylation is 2. The predicted octanol–water partition coefficient (Wildman–Crippen LogP) is 3.89. The molecule has 0 saturated heterocycles. The highest BCUT2D eigenvalue weighted by Gasteiger charge is 2.23. The molecule has 0 spiro atoms. The van der Waals surface area contributed by atoms with Gasteiger partial charge in [-0.05, 0) is 53.0 Å². The van der Waals surface area contributed by atoms with Crippen LogP contribution < -0.4 is 0 Å². The second kappa shape index (κ2) is 6.30. The molecule has 0 heterocycles. The molecule has 0 amide bonds. The second-order valence-electron chi connectivity index (χ2n) is 5.12. The van der Waals surface area contributed by atoms with E-state index in [1.165, 1.54) is 9.87 Å². The van der Waals surface area contributed by atoms with Crippen LogP contribution in [0, 0.1) is 13.8 Å². The number of halogens is 1. The topological polar surface area (TPSA) is 37.4 Å². The van der Waals surface area contributed by atoms with E-state index in [0.717, 1.165) is 11.1 Å². The van der Waals surface area contributed by atoms with Crippen LogP contribution in [-0.4, -0.2) is 19.8 Å². The highest BCUT2D eigenvalue weighted by Crippen LogP contribution is 2.25. The molecule has 0 N–H and O–H groups in total. The second-order valence-corrected chi connectivity index (χ2v) is 7.99. The largest absolute Gasteiger partial charge is 0.244 e. The molecule has 0 aliphatic heterocycles. The number of benzene rings is 2. The normalized spacial score (nSPS) is 11.9. The van der Waals surface area contributed by atoms with Crippen LogP contribution in [0.15, 0.2) is 51.8 Å². The van der Waals surface area contributed by atoms with Crippen LogP contribution in [0.3, 0.4) is 0 Å². The van der Waals surface area contributed by atoms with Crippen LogP contribution in [0.2, 0.25) is 0 Å². The molecule has 0 aromatic heterocycles. The Morgan fingerprint density at radius 3 is 2.38 bits per heavy atom. The van der Waals surface area contributed by atoms with Crippen LogP contribution in [0.1, 0.15) is 16.7 Å². The van der Waals surface area contributed by atoms with E-state index in [-0.39, 0.29) is 4.90 Å². The number of rotatable bonds is 4. The summed E-state index contributed by atoms with van der Waals surface area (Å²) < 4.78 is 27.2. The maximum atomic E-state index is 12.6. The summed E-state index contributed by atoms with van der Waals surface area (Å²) in [4.78, 5) is 0.289. The Bertz CT molecular complexity index is 757. The van der Waals surface area contributed by atoms with Gasteiger partial charge in [-0.15, -0.1) is 0 Å². The van der Waals surface area contributed by atoms with Gasteiger partial charge >= 0.3 is 0 Å². The summed E-state index contributed by atoms with van der Waals surface area (Å²) in [5, 5.41) is 0. The molecule has 5 heteroatoms. The van der Waals surface area contributed by atoms with Crippen molar-refractivity contribution in [1.82, 2.24) is 4.31 Å². The molecular formula is C16H18BrNO2S. The first kappa shape index (κ1) is 16.2. The number of sulfonamides is 1. The smallest absolute Gasteiger partial charge is 0.207 e. The van der Waals surface area contributed by atoms with Crippen molar-refractivity contribution in [3.05, 3.63) is 63.6 Å². The first-order valence-corrected chi connectivity index (χ1v) is 8.82. The monoisotopic (exact) mass is 367 g/mol. The highest BCUT2D eigenvalue weighted by atomic mass is 79.9. The third-order valence-corrected chi connectivity index (χ3v) is 6.23. The molecule has 2 rings (SSSR count). The number of hydrogen-bond donors (Lipinski definition) is 0. The minimum absolute atomic E-state index is 0.289. The van der Waals surface area contributed by atoms with E-state index in [1.807, 2.05) is 26.0 Å². The minimum atomic E-state index is -3.51. The van der Waals surface area contributed by atoms with Gasteiger partial charge in [0.25, 0.3) is 0 Å². The molecule has 0 saturated carbocycles. The van der Waals surface area contributed by atoms with Gasteiger partial charge in [-0.3, -0.25) is 0 Å². The van der Waals surface area contributed by atoms with Gasteiger partial charge in [0, 0.05) is 18.1 Å². The third kappa shape index (κ3) is 3.54. The Labute approximate surface area is 134 Å². The lowest BCUT2D eigenvalue weighted by Gasteiger charge is -2.19. The quantitative estimate of drug-likeness (QED) is 0.821. The summed E-state index contributed by atoms with van der Waals surface area (Å²) in [6.45, 7) is 4.38. The molecule has 0 aliphatic carbocycles. The molecule has 112 valence electrons. The van der Waals surface area contributed by atoms with E-state index in [0.29, 0.717) is 11.0 Å². The fourth-order valence-corrected chi connectivity index (χ4v) is 4.28. The average Bonchev–Trinajstić information content (AvgIpc) is 2.42. The Morgan fingerprint density at radius 2 is 1.76 bits per heavy atom. The fourth-order valence-electron chi connectivity index (χ4n) is 2.17. The molecule has 0 radical (unpaired) electrons. The molecule has 0 aliphatic rings. The van der Waals surface area contributed by atoms with Gasteiger partial charge in [0.1, 0.15) is 0 Å². The molecular weight excluding hydrogens is 350 g/mol. The van der Waals surface area contributed by atoms with Gasteiger partial charge in [-0.1, -0.05) is 35.9 Å². The maximum absolute atomic E-state index is 12.6. The van der Waals surface area contributed by atoms with Crippen LogP contribution >= 0.6 is 15.9 Å². The van der Waals surface area contributed by atoms with Crippen LogP contribution in [0.4, 0.5) is 0 Å². The Kier molecular flexibility index (Phi) is 4.86. The van der Waals surface area contributed by atoms with Crippen molar-refractivity contribution in [1.29, 1.82) is 0 Å². The van der Waals surface area contributed by atoms with E-state index in [9.17, 15) is 8.42 Å². The zero-order chi connectivity index (χ0) is 15.6. The first-order valence-electron chi connectivity index (χ1n) is 6.59. The van der Waals surface area contributed by atoms with Crippen LogP contribution in [0.5, 0.6) is 0 Å². The van der Waals surface area contributed by atoms with Crippen LogP contribution in [0.25, 0.3) is 0 Å². The molecule has 0 fully saturated rings. The summed E-state index contributed by atoms with van der Waals surface area (Å²) in [6.07, 6.45) is 0. The molecule has 0 bridgehead atoms. The lowest BCUT2D eigenvalue weighted by atomic mass is 10.1. The van der Waals surface area contributed by atoms with Gasteiger partial charge in [0.15, 0.2) is 0 Å². The average molecular weight is 368 g/mol. The van der Waals surface area contributed by atoms with Gasteiger partial charge in [-0.25, -0.2) is 8.42 Å². The van der Waals surface area contributed by atoms with E-state index in [1.54, 1.807) is 31.3 Å². The summed E-state index contributed by atoms with van der Waals surface area (Å²) in [7, 11) is -1.90. The van der Waals surface area contributed by atoms with E-state index in [2.05, 4.69) is 22.0 Å². The molecule has 2 aromatic rings. The maximum Gasteiger partial charge on any atom is 0.244 e. The Balaban J connectivity index is 2.31. The van der Waals surface area contributed by atoms with Gasteiger partial charge in [0.2, 0.25) is 10.0 Å². The van der Waals surface area contributed by atoms with E-state index < -0.39 is 10.0 Å². The molecule has 0 unspecified atom stereocenters. The zero-order valence-corrected chi connectivity index (χ0v) is 14.7. The minimum Gasteiger partial charge on any atom is -0.207 e. The van der Waals surface area contributed by atoms with Crippen molar-refractivity contribution in [2.45, 2.75) is 25.3 Å². The molecule has 21 heavy (non-hydrogen) atoms. The highest BCUT2D eigenvalue weighted by molar-refractivity contribution is 9.10. The van der Waals surface area contributed by atoms with Gasteiger partial charge in [-0.2, -0.15) is 4.31 Å². The number of hydrogen-bond acceptors (Lipinski definition) is 2. The first-order chi connectivity index (χ1) is 9.82. The summed E-state index contributed by atoms with van der Waals surface area (Å²) in [5.41, 5.74) is 3.29. The predicted molar refractivity (Wildman–Crippen MR) is 88.7 cm³/mol. The third-order valence-electron chi connectivity index (χ3n) is 3.42. The van der Waals surface area contributed by atoms with E-state index >= 15 is 0 Å². The van der Waals surface area contributed by atoms with E-state index in [4.69, 9.17) is 0 Å². The number of nitrogens with zero attached hydrogens (tertiary/aromatic N) is 1. The fraction of sp³-hybridized carbons (Fsp3) is 0.250. The van der Waals surface area contributed by atoms with Crippen LogP contribution in [-0.2, 0) is 16.6 Å². The molecule has 0 atom stereocenters. The zero-order valence-electron chi connectivity index (χ0n) is 12.3. The Hall–Kier alpha value is -1.17. The van der Waals surface area contributed by atoms with Gasteiger partial charge < -0.3 is 0 Å². The Morgan fingerprint density at radius 1 is 1.10 bits per heavy atom. The van der Waals surface area contributed by atoms with Crippen molar-refractivity contribution < 1.29 is 8.42 Å². The standard InChI is InChI=1S/C16H18BrNO2S/c1-12-8-9-14(13(2)10-12)11-18(3)21(19,20)16-7-5-4-6-15(16)17/h4-10H,11H2,1-3H3. The SMILES string of the molecule is Cc1ccc(CN(C)S(=O)(=O)c2ccccc2Br)c(C)c1. The van der Waals surface area contributed by atoms with Crippen molar-refractivity contribution in [3.63, 3.8) is 0 Å². The summed E-state index contributed by atoms with van der Waals surface area (Å²) >= 11 is 3.30. The molecule has 2 aromatic carbocycles. The summed E-state index contributed by atoms with van der Waals surface area (Å²) in [6, 6.07) is 12.9. The van der Waals surface area contributed by atoms with Crippen molar-refractivity contribution in [2.24, 2.45) is 0 Å². The van der Waals surface area contributed by atoms with Crippen molar-refractivity contribution >= 4 is 26.0 Å².